The Kier molecular flexibility index (Phi) is 3.04. The largest absolute Gasteiger partial charge is 0.413 e. The van der Waals surface area contributed by atoms with Crippen LogP contribution in [0.1, 0.15) is 0 Å². The van der Waals surface area contributed by atoms with Gasteiger partial charge in [0.25, 0.3) is 0 Å². The van der Waals surface area contributed by atoms with Gasteiger partial charge in [-0.2, -0.15) is 0 Å². The Hall–Kier alpha value is -1.10. The van der Waals surface area contributed by atoms with Crippen molar-refractivity contribution < 1.29 is 9.53 Å². The molecule has 5 heteroatoms. The summed E-state index contributed by atoms with van der Waals surface area (Å²) in [6.07, 6.45) is -0.527. The number of amides is 1. The number of ether oxygens (including phenoxy) is 1. The van der Waals surface area contributed by atoms with E-state index in [1.165, 1.54) is 7.05 Å². The molecule has 1 N–H and O–H groups in total. The molecule has 1 aromatic rings. The predicted octanol–water partition coefficient (Wildman–Crippen LogP) is 1.56. The van der Waals surface area contributed by atoms with Crippen molar-refractivity contribution in [1.82, 2.24) is 10.3 Å². The molecule has 0 radical (unpaired) electrons. The smallest absolute Gasteiger partial charge is 0.391 e. The van der Waals surface area contributed by atoms with E-state index in [1.807, 2.05) is 0 Å². The van der Waals surface area contributed by atoms with Crippen molar-refractivity contribution in [2.24, 2.45) is 0 Å². The molecule has 1 heterocycles. The van der Waals surface area contributed by atoms with E-state index in [1.54, 1.807) is 18.2 Å². The summed E-state index contributed by atoms with van der Waals surface area (Å²) in [4.78, 5) is 14.6. The van der Waals surface area contributed by atoms with Crippen molar-refractivity contribution in [3.05, 3.63) is 22.8 Å². The van der Waals surface area contributed by atoms with Crippen LogP contribution >= 0.6 is 15.9 Å². The summed E-state index contributed by atoms with van der Waals surface area (Å²) in [5.74, 6) is 0.267. The molecular formula is C7H7BrN2O2. The predicted molar refractivity (Wildman–Crippen MR) is 47.0 cm³/mol. The maximum absolute atomic E-state index is 10.7. The SMILES string of the molecule is CNC(=O)Oc1cccc(Br)n1. The summed E-state index contributed by atoms with van der Waals surface area (Å²) in [6, 6.07) is 5.08. The van der Waals surface area contributed by atoms with E-state index in [-0.39, 0.29) is 5.88 Å². The average Bonchev–Trinajstić information content (AvgIpc) is 2.04. The van der Waals surface area contributed by atoms with Crippen LogP contribution in [0.4, 0.5) is 4.79 Å². The Morgan fingerprint density at radius 2 is 2.42 bits per heavy atom. The molecule has 0 aliphatic rings. The number of carbonyl (C=O) groups excluding carboxylic acids is 1. The topological polar surface area (TPSA) is 51.2 Å². The second-order valence-electron chi connectivity index (χ2n) is 1.94. The summed E-state index contributed by atoms with van der Waals surface area (Å²) in [5.41, 5.74) is 0. The van der Waals surface area contributed by atoms with E-state index in [4.69, 9.17) is 4.74 Å². The molecule has 0 spiro atoms. The van der Waals surface area contributed by atoms with Gasteiger partial charge in [-0.05, 0) is 22.0 Å². The first kappa shape index (κ1) is 8.99. The van der Waals surface area contributed by atoms with Crippen molar-refractivity contribution in [2.45, 2.75) is 0 Å². The normalized spacial score (nSPS) is 9.17. The lowest BCUT2D eigenvalue weighted by Crippen LogP contribution is -2.22. The maximum atomic E-state index is 10.7. The van der Waals surface area contributed by atoms with Gasteiger partial charge < -0.3 is 10.1 Å². The zero-order valence-corrected chi connectivity index (χ0v) is 7.96. The zero-order chi connectivity index (χ0) is 8.97. The van der Waals surface area contributed by atoms with E-state index in [0.717, 1.165) is 0 Å². The van der Waals surface area contributed by atoms with Gasteiger partial charge in [0, 0.05) is 13.1 Å². The Morgan fingerprint density at radius 1 is 1.67 bits per heavy atom. The van der Waals surface area contributed by atoms with Crippen LogP contribution in [0.3, 0.4) is 0 Å². The second kappa shape index (κ2) is 4.06. The highest BCUT2D eigenvalue weighted by Gasteiger charge is 2.01. The summed E-state index contributed by atoms with van der Waals surface area (Å²) < 4.78 is 5.38. The fourth-order valence-corrected chi connectivity index (χ4v) is 0.920. The van der Waals surface area contributed by atoms with Crippen LogP contribution in [-0.2, 0) is 0 Å². The first-order chi connectivity index (χ1) is 5.72. The van der Waals surface area contributed by atoms with Gasteiger partial charge in [0.1, 0.15) is 4.60 Å². The fourth-order valence-electron chi connectivity index (χ4n) is 0.592. The summed E-state index contributed by atoms with van der Waals surface area (Å²) in [7, 11) is 1.49. The highest BCUT2D eigenvalue weighted by molar-refractivity contribution is 9.10. The van der Waals surface area contributed by atoms with Crippen LogP contribution < -0.4 is 10.1 Å². The van der Waals surface area contributed by atoms with Gasteiger partial charge in [-0.1, -0.05) is 6.07 Å². The lowest BCUT2D eigenvalue weighted by molar-refractivity contribution is 0.201. The molecule has 12 heavy (non-hydrogen) atoms. The zero-order valence-electron chi connectivity index (χ0n) is 6.37. The first-order valence-electron chi connectivity index (χ1n) is 3.24. The van der Waals surface area contributed by atoms with E-state index in [9.17, 15) is 4.79 Å². The number of rotatable bonds is 1. The van der Waals surface area contributed by atoms with Crippen LogP contribution in [0.5, 0.6) is 5.88 Å². The molecule has 0 aromatic carbocycles. The van der Waals surface area contributed by atoms with E-state index in [2.05, 4.69) is 26.2 Å². The third-order valence-corrected chi connectivity index (χ3v) is 1.53. The Morgan fingerprint density at radius 3 is 3.00 bits per heavy atom. The molecular weight excluding hydrogens is 224 g/mol. The molecule has 0 unspecified atom stereocenters. The molecule has 0 aliphatic carbocycles. The number of hydrogen-bond donors (Lipinski definition) is 1. The third kappa shape index (κ3) is 2.50. The molecule has 0 saturated carbocycles. The Bertz CT molecular complexity index is 290. The second-order valence-corrected chi connectivity index (χ2v) is 2.75. The molecule has 4 nitrogen and oxygen atoms in total. The number of hydrogen-bond acceptors (Lipinski definition) is 3. The molecule has 64 valence electrons. The Labute approximate surface area is 78.1 Å². The molecule has 0 bridgehead atoms. The minimum atomic E-state index is -0.527. The van der Waals surface area contributed by atoms with E-state index in [0.29, 0.717) is 4.60 Å². The van der Waals surface area contributed by atoms with Crippen molar-refractivity contribution in [3.8, 4) is 5.88 Å². The van der Waals surface area contributed by atoms with Crippen molar-refractivity contribution in [1.29, 1.82) is 0 Å². The molecule has 1 aromatic heterocycles. The molecule has 0 aliphatic heterocycles. The number of nitrogens with one attached hydrogen (secondary N) is 1. The van der Waals surface area contributed by atoms with Crippen LogP contribution in [0.2, 0.25) is 0 Å². The number of halogens is 1. The molecule has 0 fully saturated rings. The van der Waals surface area contributed by atoms with Crippen LogP contribution in [-0.4, -0.2) is 18.1 Å². The van der Waals surface area contributed by atoms with E-state index < -0.39 is 6.09 Å². The monoisotopic (exact) mass is 230 g/mol. The van der Waals surface area contributed by atoms with Gasteiger partial charge in [-0.15, -0.1) is 0 Å². The first-order valence-corrected chi connectivity index (χ1v) is 4.04. The lowest BCUT2D eigenvalue weighted by atomic mass is 10.5. The van der Waals surface area contributed by atoms with Crippen molar-refractivity contribution in [3.63, 3.8) is 0 Å². The minimum absolute atomic E-state index is 0.267. The maximum Gasteiger partial charge on any atom is 0.413 e. The van der Waals surface area contributed by atoms with E-state index >= 15 is 0 Å². The molecule has 1 rings (SSSR count). The highest BCUT2D eigenvalue weighted by atomic mass is 79.9. The summed E-state index contributed by atoms with van der Waals surface area (Å²) in [5, 5.41) is 2.32. The fraction of sp³-hybridized carbons (Fsp3) is 0.143. The van der Waals surface area contributed by atoms with Crippen LogP contribution in [0.25, 0.3) is 0 Å². The third-order valence-electron chi connectivity index (χ3n) is 1.09. The van der Waals surface area contributed by atoms with Gasteiger partial charge in [0.2, 0.25) is 5.88 Å². The number of nitrogens with zero attached hydrogens (tertiary/aromatic N) is 1. The number of pyridine rings is 1. The summed E-state index contributed by atoms with van der Waals surface area (Å²) in [6.45, 7) is 0. The Balaban J connectivity index is 2.69. The van der Waals surface area contributed by atoms with Gasteiger partial charge in [0.15, 0.2) is 0 Å². The van der Waals surface area contributed by atoms with Crippen molar-refractivity contribution >= 4 is 22.0 Å². The molecule has 1 amide bonds. The lowest BCUT2D eigenvalue weighted by Gasteiger charge is -2.00. The van der Waals surface area contributed by atoms with Crippen LogP contribution in [0.15, 0.2) is 22.8 Å². The van der Waals surface area contributed by atoms with Gasteiger partial charge >= 0.3 is 6.09 Å². The number of aromatic nitrogens is 1. The standard InChI is InChI=1S/C7H7BrN2O2/c1-9-7(11)12-6-4-2-3-5(8)10-6/h2-4H,1H3,(H,9,11). The van der Waals surface area contributed by atoms with Crippen LogP contribution in [0, 0.1) is 0 Å². The molecule has 0 saturated heterocycles. The van der Waals surface area contributed by atoms with Gasteiger partial charge in [-0.25, -0.2) is 9.78 Å². The molecule has 0 atom stereocenters. The highest BCUT2D eigenvalue weighted by Crippen LogP contribution is 2.11. The average molecular weight is 231 g/mol. The van der Waals surface area contributed by atoms with Gasteiger partial charge in [-0.3, -0.25) is 0 Å². The number of carbonyl (C=O) groups is 1. The summed E-state index contributed by atoms with van der Waals surface area (Å²) >= 11 is 3.15. The van der Waals surface area contributed by atoms with Gasteiger partial charge in [0.05, 0.1) is 0 Å². The quantitative estimate of drug-likeness (QED) is 0.746. The van der Waals surface area contributed by atoms with Crippen molar-refractivity contribution in [2.75, 3.05) is 7.05 Å². The minimum Gasteiger partial charge on any atom is -0.391 e.